The summed E-state index contributed by atoms with van der Waals surface area (Å²) in [4.78, 5) is 17.9. The number of hydrogen-bond acceptors (Lipinski definition) is 6. The molecule has 0 saturated heterocycles. The quantitative estimate of drug-likeness (QED) is 0.297. The highest BCUT2D eigenvalue weighted by Crippen LogP contribution is 2.38. The summed E-state index contributed by atoms with van der Waals surface area (Å²) in [6.07, 6.45) is 1.58. The maximum atomic E-state index is 13.5. The van der Waals surface area contributed by atoms with E-state index in [4.69, 9.17) is 14.2 Å². The monoisotopic (exact) mass is 544 g/mol. The van der Waals surface area contributed by atoms with Gasteiger partial charge in [-0.15, -0.1) is 0 Å². The highest BCUT2D eigenvalue weighted by Gasteiger charge is 2.25. The number of fused-ring (bicyclic) bond motifs is 1. The number of rotatable bonds is 7. The molecule has 2 aromatic heterocycles. The fourth-order valence-electron chi connectivity index (χ4n) is 3.45. The summed E-state index contributed by atoms with van der Waals surface area (Å²) in [6, 6.07) is 16.6. The van der Waals surface area contributed by atoms with Crippen LogP contribution in [0.15, 0.2) is 65.6 Å². The van der Waals surface area contributed by atoms with Crippen molar-refractivity contribution in [2.45, 2.75) is 6.54 Å². The molecular formula is C24H21IN2O5. The third kappa shape index (κ3) is 4.10. The number of methoxy groups -OCH3 is 3. The molecule has 0 unspecified atom stereocenters. The molecule has 4 aromatic rings. The maximum absolute atomic E-state index is 13.5. The average molecular weight is 544 g/mol. The molecule has 0 bridgehead atoms. The highest BCUT2D eigenvalue weighted by molar-refractivity contribution is 5.81. The molecular weight excluding hydrogens is 523 g/mol. The molecule has 0 radical (unpaired) electrons. The van der Waals surface area contributed by atoms with Gasteiger partial charge in [0.2, 0.25) is 5.75 Å². The number of pyridine rings is 2. The van der Waals surface area contributed by atoms with E-state index in [-0.39, 0.29) is 17.9 Å². The van der Waals surface area contributed by atoms with Gasteiger partial charge in [0, 0.05) is 11.6 Å². The predicted octanol–water partition coefficient (Wildman–Crippen LogP) is -0.327. The maximum Gasteiger partial charge on any atom is 0.363 e. The summed E-state index contributed by atoms with van der Waals surface area (Å²) in [5.74, 6) is 1.21. The molecule has 2 aromatic carbocycles. The van der Waals surface area contributed by atoms with E-state index >= 15 is 0 Å². The minimum Gasteiger partial charge on any atom is -0.869 e. The molecule has 0 aliphatic rings. The van der Waals surface area contributed by atoms with E-state index in [1.165, 1.54) is 7.11 Å². The summed E-state index contributed by atoms with van der Waals surface area (Å²) in [5.41, 5.74) is 0.805. The Hall–Kier alpha value is -3.27. The van der Waals surface area contributed by atoms with Crippen LogP contribution in [-0.2, 0) is 6.54 Å². The molecule has 7 nitrogen and oxygen atoms in total. The van der Waals surface area contributed by atoms with Gasteiger partial charge in [-0.1, -0.05) is 24.3 Å². The Bertz CT molecular complexity index is 1300. The standard InChI is InChI=1S/C24H21IN2O5/c1-30-18-12-15(13-19(31-2)22(18)32-3)14-27-23-17(10-7-11-26-23)21(28)20(24(27)29)25-16-8-5-4-6-9-16/h4-13H,14H2,1-3H3. The van der Waals surface area contributed by atoms with E-state index < -0.39 is 21.2 Å². The highest BCUT2D eigenvalue weighted by atomic mass is 127. The lowest BCUT2D eigenvalue weighted by molar-refractivity contribution is -0.605. The second-order valence-electron chi connectivity index (χ2n) is 6.83. The van der Waals surface area contributed by atoms with Crippen molar-refractivity contribution in [2.24, 2.45) is 0 Å². The van der Waals surface area contributed by atoms with Gasteiger partial charge < -0.3 is 19.3 Å². The molecule has 0 spiro atoms. The van der Waals surface area contributed by atoms with Crippen molar-refractivity contribution in [3.8, 4) is 23.0 Å². The van der Waals surface area contributed by atoms with Gasteiger partial charge >= 0.3 is 26.8 Å². The summed E-state index contributed by atoms with van der Waals surface area (Å²) >= 11 is -0.953. The first-order chi connectivity index (χ1) is 15.6. The lowest BCUT2D eigenvalue weighted by atomic mass is 10.1. The van der Waals surface area contributed by atoms with Crippen LogP contribution in [0.1, 0.15) is 5.56 Å². The van der Waals surface area contributed by atoms with Gasteiger partial charge in [0.05, 0.1) is 27.9 Å². The van der Waals surface area contributed by atoms with E-state index in [0.29, 0.717) is 31.9 Å². The van der Waals surface area contributed by atoms with E-state index in [9.17, 15) is 9.90 Å². The van der Waals surface area contributed by atoms with E-state index in [1.807, 2.05) is 30.3 Å². The van der Waals surface area contributed by atoms with Crippen LogP contribution in [0.2, 0.25) is 0 Å². The zero-order valence-electron chi connectivity index (χ0n) is 17.8. The van der Waals surface area contributed by atoms with Crippen LogP contribution in [-0.4, -0.2) is 30.9 Å². The molecule has 32 heavy (non-hydrogen) atoms. The Labute approximate surface area is 195 Å². The molecule has 0 atom stereocenters. The number of halogens is 1. The Morgan fingerprint density at radius 3 is 2.28 bits per heavy atom. The Morgan fingerprint density at radius 2 is 1.66 bits per heavy atom. The van der Waals surface area contributed by atoms with Gasteiger partial charge in [0.1, 0.15) is 5.65 Å². The fraction of sp³-hybridized carbons (Fsp3) is 0.167. The zero-order valence-corrected chi connectivity index (χ0v) is 20.0. The van der Waals surface area contributed by atoms with Crippen LogP contribution >= 0.6 is 0 Å². The van der Waals surface area contributed by atoms with Gasteiger partial charge in [-0.2, -0.15) is 0 Å². The molecule has 4 rings (SSSR count). The minimum atomic E-state index is -0.953. The number of nitrogens with zero attached hydrogens (tertiary/aromatic N) is 2. The third-order valence-corrected chi connectivity index (χ3v) is 7.75. The fourth-order valence-corrected chi connectivity index (χ4v) is 5.90. The van der Waals surface area contributed by atoms with Crippen molar-refractivity contribution in [1.29, 1.82) is 0 Å². The van der Waals surface area contributed by atoms with Crippen molar-refractivity contribution in [1.82, 2.24) is 9.55 Å². The lowest BCUT2D eigenvalue weighted by Gasteiger charge is -2.17. The van der Waals surface area contributed by atoms with Crippen LogP contribution in [0.25, 0.3) is 11.0 Å². The van der Waals surface area contributed by atoms with Crippen LogP contribution < -0.4 is 46.1 Å². The normalized spacial score (nSPS) is 10.8. The summed E-state index contributed by atoms with van der Waals surface area (Å²) in [5, 5.41) is 13.6. The Balaban J connectivity index is 1.89. The summed E-state index contributed by atoms with van der Waals surface area (Å²) < 4.78 is 19.2. The number of aromatic nitrogens is 2. The van der Waals surface area contributed by atoms with Crippen LogP contribution in [0.4, 0.5) is 0 Å². The first-order valence-corrected chi connectivity index (χ1v) is 11.9. The molecule has 0 amide bonds. The van der Waals surface area contributed by atoms with Crippen LogP contribution in [0, 0.1) is 7.14 Å². The smallest absolute Gasteiger partial charge is 0.363 e. The van der Waals surface area contributed by atoms with Crippen molar-refractivity contribution in [2.75, 3.05) is 21.3 Å². The Kier molecular flexibility index (Phi) is 6.50. The van der Waals surface area contributed by atoms with Crippen molar-refractivity contribution < 1.29 is 40.5 Å². The molecule has 164 valence electrons. The van der Waals surface area contributed by atoms with Gasteiger partial charge in [0.15, 0.2) is 15.1 Å². The number of benzene rings is 2. The van der Waals surface area contributed by atoms with Crippen molar-refractivity contribution >= 4 is 11.0 Å². The molecule has 0 saturated carbocycles. The molecule has 2 heterocycles. The van der Waals surface area contributed by atoms with Crippen molar-refractivity contribution in [3.05, 3.63) is 83.9 Å². The predicted molar refractivity (Wildman–Crippen MR) is 114 cm³/mol. The molecule has 0 fully saturated rings. The second kappa shape index (κ2) is 9.47. The van der Waals surface area contributed by atoms with E-state index in [0.717, 1.165) is 9.13 Å². The topological polar surface area (TPSA) is 85.6 Å². The van der Waals surface area contributed by atoms with Crippen LogP contribution in [0.3, 0.4) is 0 Å². The summed E-state index contributed by atoms with van der Waals surface area (Å²) in [6.45, 7) is 0.203. The molecule has 0 aliphatic carbocycles. The second-order valence-corrected chi connectivity index (χ2v) is 9.70. The Morgan fingerprint density at radius 1 is 0.969 bits per heavy atom. The van der Waals surface area contributed by atoms with E-state index in [1.54, 1.807) is 49.2 Å². The summed E-state index contributed by atoms with van der Waals surface area (Å²) in [7, 11) is 4.62. The molecule has 8 heteroatoms. The number of ether oxygens (including phenoxy) is 3. The van der Waals surface area contributed by atoms with Gasteiger partial charge in [-0.25, -0.2) is 4.98 Å². The first-order valence-electron chi connectivity index (χ1n) is 9.74. The SMILES string of the molecule is COc1cc(Cn2c(=O)c([I+]c3ccccc3)c([O-])c3cccnc32)cc(OC)c1OC. The van der Waals surface area contributed by atoms with Gasteiger partial charge in [0.25, 0.3) is 3.57 Å². The average Bonchev–Trinajstić information content (AvgIpc) is 2.84. The first kappa shape index (κ1) is 21.9. The largest absolute Gasteiger partial charge is 0.869 e. The van der Waals surface area contributed by atoms with Crippen LogP contribution in [0.5, 0.6) is 23.0 Å². The number of hydrogen-bond donors (Lipinski definition) is 0. The van der Waals surface area contributed by atoms with E-state index in [2.05, 4.69) is 4.98 Å². The van der Waals surface area contributed by atoms with Gasteiger partial charge in [-0.05, 0) is 41.6 Å². The third-order valence-electron chi connectivity index (χ3n) is 4.92. The molecule has 0 N–H and O–H groups in total. The zero-order chi connectivity index (χ0) is 22.7. The van der Waals surface area contributed by atoms with Gasteiger partial charge in [-0.3, -0.25) is 9.36 Å². The lowest BCUT2D eigenvalue weighted by Crippen LogP contribution is -3.62. The minimum absolute atomic E-state index is 0.203. The molecule has 0 aliphatic heterocycles. The van der Waals surface area contributed by atoms with Crippen molar-refractivity contribution in [3.63, 3.8) is 0 Å².